The molecule has 2 rings (SSSR count). The van der Waals surface area contributed by atoms with Crippen molar-refractivity contribution in [2.24, 2.45) is 5.73 Å². The highest BCUT2D eigenvalue weighted by atomic mass is 19.4. The highest BCUT2D eigenvalue weighted by Crippen LogP contribution is 2.35. The molecule has 106 valence electrons. The van der Waals surface area contributed by atoms with E-state index in [1.165, 1.54) is 4.90 Å². The Bertz CT molecular complexity index is 443. The van der Waals surface area contributed by atoms with Crippen LogP contribution in [0.25, 0.3) is 0 Å². The minimum Gasteiger partial charge on any atom is -0.360 e. The summed E-state index contributed by atoms with van der Waals surface area (Å²) < 4.78 is 39.5. The maximum Gasteiger partial charge on any atom is 0.408 e. The lowest BCUT2D eigenvalue weighted by atomic mass is 9.97. The van der Waals surface area contributed by atoms with Gasteiger partial charge in [-0.3, -0.25) is 0 Å². The predicted octanol–water partition coefficient (Wildman–Crippen LogP) is 3.03. The topological polar surface area (TPSA) is 29.3 Å². The fourth-order valence-corrected chi connectivity index (χ4v) is 2.73. The van der Waals surface area contributed by atoms with E-state index in [4.69, 9.17) is 5.73 Å². The molecule has 5 heteroatoms. The van der Waals surface area contributed by atoms with Gasteiger partial charge in [0, 0.05) is 12.2 Å². The van der Waals surface area contributed by atoms with E-state index in [0.29, 0.717) is 12.2 Å². The molecule has 1 aromatic carbocycles. The van der Waals surface area contributed by atoms with Gasteiger partial charge < -0.3 is 10.6 Å². The molecular weight excluding hydrogens is 253 g/mol. The Hall–Kier alpha value is -1.23. The van der Waals surface area contributed by atoms with E-state index < -0.39 is 12.2 Å². The van der Waals surface area contributed by atoms with Gasteiger partial charge in [-0.05, 0) is 44.4 Å². The molecule has 2 nitrogen and oxygen atoms in total. The van der Waals surface area contributed by atoms with Crippen molar-refractivity contribution < 1.29 is 13.2 Å². The van der Waals surface area contributed by atoms with E-state index in [1.807, 2.05) is 19.1 Å². The van der Waals surface area contributed by atoms with Crippen LogP contribution >= 0.6 is 0 Å². The summed E-state index contributed by atoms with van der Waals surface area (Å²) in [7, 11) is 0. The molecule has 1 aromatic rings. The number of nitrogens with two attached hydrogens (primary N) is 1. The first-order valence-electron chi connectivity index (χ1n) is 6.56. The summed E-state index contributed by atoms with van der Waals surface area (Å²) in [5, 5.41) is 0. The molecule has 19 heavy (non-hydrogen) atoms. The summed E-state index contributed by atoms with van der Waals surface area (Å²) in [5.74, 6) is 0. The zero-order valence-electron chi connectivity index (χ0n) is 11.0. The number of nitrogens with zero attached hydrogens (tertiary/aromatic N) is 1. The van der Waals surface area contributed by atoms with Crippen LogP contribution in [0.3, 0.4) is 0 Å². The van der Waals surface area contributed by atoms with E-state index >= 15 is 0 Å². The molecule has 0 spiro atoms. The zero-order chi connectivity index (χ0) is 14.0. The smallest absolute Gasteiger partial charge is 0.360 e. The Morgan fingerprint density at radius 3 is 2.74 bits per heavy atom. The first-order valence-corrected chi connectivity index (χ1v) is 6.56. The van der Waals surface area contributed by atoms with Crippen molar-refractivity contribution in [1.82, 2.24) is 0 Å². The van der Waals surface area contributed by atoms with Crippen molar-refractivity contribution in [3.05, 3.63) is 29.3 Å². The average molecular weight is 272 g/mol. The molecule has 1 aliphatic heterocycles. The number of alkyl halides is 3. The number of benzene rings is 1. The SMILES string of the molecule is Cc1ccc2c(c1)CCCN2C(CCN)C(F)(F)F. The van der Waals surface area contributed by atoms with Gasteiger partial charge in [-0.25, -0.2) is 0 Å². The molecule has 0 radical (unpaired) electrons. The molecule has 0 saturated heterocycles. The van der Waals surface area contributed by atoms with Gasteiger partial charge in [0.15, 0.2) is 0 Å². The Labute approximate surface area is 111 Å². The Kier molecular flexibility index (Phi) is 4.04. The summed E-state index contributed by atoms with van der Waals surface area (Å²) >= 11 is 0. The predicted molar refractivity (Wildman–Crippen MR) is 70.4 cm³/mol. The van der Waals surface area contributed by atoms with Crippen LogP contribution in [0.5, 0.6) is 0 Å². The third-order valence-corrected chi connectivity index (χ3v) is 3.58. The third-order valence-electron chi connectivity index (χ3n) is 3.58. The van der Waals surface area contributed by atoms with Crippen LogP contribution < -0.4 is 10.6 Å². The maximum absolute atomic E-state index is 13.2. The average Bonchev–Trinajstić information content (AvgIpc) is 2.33. The lowest BCUT2D eigenvalue weighted by Crippen LogP contribution is -2.49. The molecule has 0 aromatic heterocycles. The molecule has 0 aliphatic carbocycles. The van der Waals surface area contributed by atoms with E-state index in [0.717, 1.165) is 24.0 Å². The van der Waals surface area contributed by atoms with Crippen LogP contribution in [0, 0.1) is 6.92 Å². The monoisotopic (exact) mass is 272 g/mol. The number of hydrogen-bond donors (Lipinski definition) is 1. The van der Waals surface area contributed by atoms with Crippen LogP contribution in [0.2, 0.25) is 0 Å². The van der Waals surface area contributed by atoms with E-state index in [-0.39, 0.29) is 13.0 Å². The lowest BCUT2D eigenvalue weighted by molar-refractivity contribution is -0.149. The second-order valence-corrected chi connectivity index (χ2v) is 5.06. The first kappa shape index (κ1) is 14.2. The van der Waals surface area contributed by atoms with Crippen molar-refractivity contribution in [3.8, 4) is 0 Å². The van der Waals surface area contributed by atoms with Crippen LogP contribution in [0.15, 0.2) is 18.2 Å². The van der Waals surface area contributed by atoms with Gasteiger partial charge in [0.25, 0.3) is 0 Å². The highest BCUT2D eigenvalue weighted by molar-refractivity contribution is 5.57. The van der Waals surface area contributed by atoms with Gasteiger partial charge in [0.05, 0.1) is 0 Å². The Morgan fingerprint density at radius 1 is 1.37 bits per heavy atom. The molecule has 0 fully saturated rings. The minimum atomic E-state index is -4.24. The molecule has 1 atom stereocenters. The van der Waals surface area contributed by atoms with Gasteiger partial charge >= 0.3 is 6.18 Å². The highest BCUT2D eigenvalue weighted by Gasteiger charge is 2.43. The molecule has 0 saturated carbocycles. The number of anilines is 1. The molecule has 1 aliphatic rings. The van der Waals surface area contributed by atoms with Gasteiger partial charge in [0.2, 0.25) is 0 Å². The molecule has 0 amide bonds. The van der Waals surface area contributed by atoms with Crippen LogP contribution in [-0.4, -0.2) is 25.3 Å². The fraction of sp³-hybridized carbons (Fsp3) is 0.571. The molecule has 2 N–H and O–H groups in total. The van der Waals surface area contributed by atoms with E-state index in [9.17, 15) is 13.2 Å². The van der Waals surface area contributed by atoms with E-state index in [2.05, 4.69) is 0 Å². The van der Waals surface area contributed by atoms with Crippen LogP contribution in [-0.2, 0) is 6.42 Å². The largest absolute Gasteiger partial charge is 0.408 e. The third kappa shape index (κ3) is 3.03. The summed E-state index contributed by atoms with van der Waals surface area (Å²) in [5.41, 5.74) is 8.16. The number of halogens is 3. The normalized spacial score (nSPS) is 17.2. The van der Waals surface area contributed by atoms with Gasteiger partial charge in [-0.15, -0.1) is 0 Å². The van der Waals surface area contributed by atoms with Crippen molar-refractivity contribution in [2.75, 3.05) is 18.0 Å². The summed E-state index contributed by atoms with van der Waals surface area (Å²) in [6.45, 7) is 2.45. The first-order chi connectivity index (χ1) is 8.93. The van der Waals surface area contributed by atoms with Gasteiger partial charge in [-0.1, -0.05) is 17.7 Å². The van der Waals surface area contributed by atoms with Crippen molar-refractivity contribution >= 4 is 5.69 Å². The van der Waals surface area contributed by atoms with Crippen LogP contribution in [0.1, 0.15) is 24.0 Å². The molecule has 0 bridgehead atoms. The quantitative estimate of drug-likeness (QED) is 0.916. The zero-order valence-corrected chi connectivity index (χ0v) is 11.0. The minimum absolute atomic E-state index is 0.0435. The Balaban J connectivity index is 2.35. The van der Waals surface area contributed by atoms with Gasteiger partial charge in [-0.2, -0.15) is 13.2 Å². The van der Waals surface area contributed by atoms with Crippen molar-refractivity contribution in [1.29, 1.82) is 0 Å². The molecular formula is C14H19F3N2. The fourth-order valence-electron chi connectivity index (χ4n) is 2.73. The second kappa shape index (κ2) is 5.41. The van der Waals surface area contributed by atoms with Crippen molar-refractivity contribution in [3.63, 3.8) is 0 Å². The van der Waals surface area contributed by atoms with E-state index in [1.54, 1.807) is 6.07 Å². The summed E-state index contributed by atoms with van der Waals surface area (Å²) in [6.07, 6.45) is -2.69. The maximum atomic E-state index is 13.2. The van der Waals surface area contributed by atoms with Crippen LogP contribution in [0.4, 0.5) is 18.9 Å². The number of fused-ring (bicyclic) bond motifs is 1. The molecule has 1 heterocycles. The number of rotatable bonds is 3. The summed E-state index contributed by atoms with van der Waals surface area (Å²) in [4.78, 5) is 1.48. The summed E-state index contributed by atoms with van der Waals surface area (Å²) in [6, 6.07) is 4.18. The molecule has 1 unspecified atom stereocenters. The van der Waals surface area contributed by atoms with Crippen molar-refractivity contribution in [2.45, 2.75) is 38.4 Å². The number of hydrogen-bond acceptors (Lipinski definition) is 2. The Morgan fingerprint density at radius 2 is 2.11 bits per heavy atom. The standard InChI is InChI=1S/C14H19F3N2/c1-10-4-5-12-11(9-10)3-2-8-19(12)13(6-7-18)14(15,16)17/h4-5,9,13H,2-3,6-8,18H2,1H3. The lowest BCUT2D eigenvalue weighted by Gasteiger charge is -2.38. The second-order valence-electron chi connectivity index (χ2n) is 5.06. The van der Waals surface area contributed by atoms with Gasteiger partial charge in [0.1, 0.15) is 6.04 Å². The number of aryl methyl sites for hydroxylation is 2.